The molecule has 0 aliphatic carbocycles. The summed E-state index contributed by atoms with van der Waals surface area (Å²) in [6.45, 7) is 4.79. The Bertz CT molecular complexity index is 400. The minimum Gasteiger partial charge on any atom is -0.411 e. The van der Waals surface area contributed by atoms with Crippen molar-refractivity contribution in [1.29, 1.82) is 0 Å². The van der Waals surface area contributed by atoms with Crippen LogP contribution in [-0.4, -0.2) is 43.7 Å². The number of oxime groups is 1. The van der Waals surface area contributed by atoms with Crippen LogP contribution in [0.25, 0.3) is 0 Å². The van der Waals surface area contributed by atoms with Crippen molar-refractivity contribution < 1.29 is 5.21 Å². The maximum absolute atomic E-state index is 8.92. The Kier molecular flexibility index (Phi) is 3.73. The van der Waals surface area contributed by atoms with Crippen LogP contribution in [0, 0.1) is 5.92 Å². The zero-order chi connectivity index (χ0) is 12.3. The molecule has 0 radical (unpaired) electrons. The Balaban J connectivity index is 1.98. The zero-order valence-electron chi connectivity index (χ0n) is 10.4. The maximum Gasteiger partial charge on any atom is 0.140 e. The van der Waals surface area contributed by atoms with Crippen molar-refractivity contribution in [3.05, 3.63) is 12.2 Å². The first-order chi connectivity index (χ1) is 8.24. The molecule has 6 heteroatoms. The molecule has 0 bridgehead atoms. The Morgan fingerprint density at radius 3 is 3.00 bits per heavy atom. The standard InChI is InChI=1S/C11H19N5O/c1-3-9-6-16(5-4-10(9)14-17)7-11-12-8-13-15(11)2/h8-9,17H,3-7H2,1-2H3. The molecule has 1 aromatic heterocycles. The number of piperidine rings is 1. The van der Waals surface area contributed by atoms with Gasteiger partial charge >= 0.3 is 0 Å². The van der Waals surface area contributed by atoms with Crippen molar-refractivity contribution in [1.82, 2.24) is 19.7 Å². The minimum atomic E-state index is 0.363. The predicted molar refractivity (Wildman–Crippen MR) is 63.9 cm³/mol. The van der Waals surface area contributed by atoms with Gasteiger partial charge in [0.15, 0.2) is 0 Å². The van der Waals surface area contributed by atoms with E-state index < -0.39 is 0 Å². The average molecular weight is 237 g/mol. The summed E-state index contributed by atoms with van der Waals surface area (Å²) >= 11 is 0. The first-order valence-corrected chi connectivity index (χ1v) is 6.00. The van der Waals surface area contributed by atoms with Crippen molar-refractivity contribution in [3.8, 4) is 0 Å². The summed E-state index contributed by atoms with van der Waals surface area (Å²) in [7, 11) is 1.91. The summed E-state index contributed by atoms with van der Waals surface area (Å²) < 4.78 is 1.80. The lowest BCUT2D eigenvalue weighted by atomic mass is 9.93. The first kappa shape index (κ1) is 12.0. The van der Waals surface area contributed by atoms with E-state index in [1.54, 1.807) is 11.0 Å². The average Bonchev–Trinajstić information content (AvgIpc) is 2.75. The van der Waals surface area contributed by atoms with Crippen molar-refractivity contribution >= 4 is 5.71 Å². The predicted octanol–water partition coefficient (Wildman–Crippen LogP) is 0.877. The highest BCUT2D eigenvalue weighted by Gasteiger charge is 2.25. The number of hydrogen-bond donors (Lipinski definition) is 1. The summed E-state index contributed by atoms with van der Waals surface area (Å²) in [5, 5.41) is 16.4. The molecule has 1 fully saturated rings. The molecule has 0 aromatic carbocycles. The lowest BCUT2D eigenvalue weighted by Gasteiger charge is -2.32. The number of nitrogens with zero attached hydrogens (tertiary/aromatic N) is 5. The number of rotatable bonds is 3. The van der Waals surface area contributed by atoms with Crippen LogP contribution in [0.15, 0.2) is 11.5 Å². The van der Waals surface area contributed by atoms with Crippen molar-refractivity contribution in [3.63, 3.8) is 0 Å². The molecule has 6 nitrogen and oxygen atoms in total. The Hall–Kier alpha value is -1.43. The van der Waals surface area contributed by atoms with Gasteiger partial charge < -0.3 is 5.21 Å². The van der Waals surface area contributed by atoms with Crippen LogP contribution in [0.2, 0.25) is 0 Å². The fourth-order valence-corrected chi connectivity index (χ4v) is 2.29. The van der Waals surface area contributed by atoms with Gasteiger partial charge in [-0.3, -0.25) is 9.58 Å². The fourth-order valence-electron chi connectivity index (χ4n) is 2.29. The van der Waals surface area contributed by atoms with Crippen LogP contribution in [0.1, 0.15) is 25.6 Å². The van der Waals surface area contributed by atoms with Gasteiger partial charge in [-0.05, 0) is 6.42 Å². The minimum absolute atomic E-state index is 0.363. The second kappa shape index (κ2) is 5.27. The highest BCUT2D eigenvalue weighted by molar-refractivity contribution is 5.87. The molecule has 2 heterocycles. The van der Waals surface area contributed by atoms with E-state index in [0.29, 0.717) is 5.92 Å². The van der Waals surface area contributed by atoms with E-state index in [-0.39, 0.29) is 0 Å². The van der Waals surface area contributed by atoms with E-state index >= 15 is 0 Å². The highest BCUT2D eigenvalue weighted by Crippen LogP contribution is 2.18. The number of hydrogen-bond acceptors (Lipinski definition) is 5. The normalized spacial score (nSPS) is 24.4. The van der Waals surface area contributed by atoms with E-state index in [4.69, 9.17) is 5.21 Å². The topological polar surface area (TPSA) is 66.5 Å². The van der Waals surface area contributed by atoms with Gasteiger partial charge in [0.25, 0.3) is 0 Å². The molecule has 94 valence electrons. The molecular formula is C11H19N5O. The van der Waals surface area contributed by atoms with Gasteiger partial charge in [-0.2, -0.15) is 5.10 Å². The first-order valence-electron chi connectivity index (χ1n) is 6.00. The third-order valence-corrected chi connectivity index (χ3v) is 3.43. The van der Waals surface area contributed by atoms with Gasteiger partial charge in [-0.1, -0.05) is 12.1 Å². The SMILES string of the molecule is CCC1CN(Cc2ncnn2C)CCC1=NO. The van der Waals surface area contributed by atoms with Crippen LogP contribution in [0.4, 0.5) is 0 Å². The summed E-state index contributed by atoms with van der Waals surface area (Å²) in [5.41, 5.74) is 0.932. The van der Waals surface area contributed by atoms with Crippen LogP contribution >= 0.6 is 0 Å². The molecule has 0 spiro atoms. The fraction of sp³-hybridized carbons (Fsp3) is 0.727. The van der Waals surface area contributed by atoms with E-state index in [1.165, 1.54) is 0 Å². The lowest BCUT2D eigenvalue weighted by Crippen LogP contribution is -2.40. The summed E-state index contributed by atoms with van der Waals surface area (Å²) in [4.78, 5) is 6.57. The summed E-state index contributed by atoms with van der Waals surface area (Å²) in [6, 6.07) is 0. The molecule has 0 amide bonds. The van der Waals surface area contributed by atoms with E-state index in [9.17, 15) is 0 Å². The van der Waals surface area contributed by atoms with Crippen LogP contribution in [0.3, 0.4) is 0 Å². The smallest absolute Gasteiger partial charge is 0.140 e. The molecular weight excluding hydrogens is 218 g/mol. The number of aryl methyl sites for hydroxylation is 1. The van der Waals surface area contributed by atoms with E-state index in [2.05, 4.69) is 27.1 Å². The van der Waals surface area contributed by atoms with E-state index in [0.717, 1.165) is 44.0 Å². The third-order valence-electron chi connectivity index (χ3n) is 3.43. The van der Waals surface area contributed by atoms with Gasteiger partial charge in [0.1, 0.15) is 12.2 Å². The molecule has 1 atom stereocenters. The largest absolute Gasteiger partial charge is 0.411 e. The zero-order valence-corrected chi connectivity index (χ0v) is 10.4. The third kappa shape index (κ3) is 2.63. The molecule has 1 aliphatic heterocycles. The highest BCUT2D eigenvalue weighted by atomic mass is 16.4. The molecule has 1 aliphatic rings. The van der Waals surface area contributed by atoms with Crippen LogP contribution in [0.5, 0.6) is 0 Å². The Morgan fingerprint density at radius 1 is 1.59 bits per heavy atom. The Morgan fingerprint density at radius 2 is 2.41 bits per heavy atom. The summed E-state index contributed by atoms with van der Waals surface area (Å²) in [6.07, 6.45) is 3.43. The van der Waals surface area contributed by atoms with Gasteiger partial charge in [0.05, 0.1) is 12.3 Å². The lowest BCUT2D eigenvalue weighted by molar-refractivity contribution is 0.213. The van der Waals surface area contributed by atoms with Gasteiger partial charge in [0, 0.05) is 32.5 Å². The van der Waals surface area contributed by atoms with Crippen molar-refractivity contribution in [2.45, 2.75) is 26.3 Å². The van der Waals surface area contributed by atoms with Crippen LogP contribution in [-0.2, 0) is 13.6 Å². The monoisotopic (exact) mass is 237 g/mol. The van der Waals surface area contributed by atoms with Crippen LogP contribution < -0.4 is 0 Å². The van der Waals surface area contributed by atoms with Crippen molar-refractivity contribution in [2.24, 2.45) is 18.1 Å². The van der Waals surface area contributed by atoms with Gasteiger partial charge in [-0.25, -0.2) is 4.98 Å². The molecule has 2 rings (SSSR count). The molecule has 17 heavy (non-hydrogen) atoms. The van der Waals surface area contributed by atoms with E-state index in [1.807, 2.05) is 7.05 Å². The molecule has 1 saturated heterocycles. The maximum atomic E-state index is 8.92. The molecule has 1 N–H and O–H groups in total. The second-order valence-corrected chi connectivity index (χ2v) is 4.48. The van der Waals surface area contributed by atoms with Gasteiger partial charge in [0.2, 0.25) is 0 Å². The molecule has 1 unspecified atom stereocenters. The van der Waals surface area contributed by atoms with Crippen molar-refractivity contribution in [2.75, 3.05) is 13.1 Å². The summed E-state index contributed by atoms with van der Waals surface area (Å²) in [5.74, 6) is 1.34. The molecule has 0 saturated carbocycles. The Labute approximate surface area is 101 Å². The number of likely N-dealkylation sites (tertiary alicyclic amines) is 1. The molecule has 1 aromatic rings. The second-order valence-electron chi connectivity index (χ2n) is 4.48. The van der Waals surface area contributed by atoms with Gasteiger partial charge in [-0.15, -0.1) is 0 Å². The quantitative estimate of drug-likeness (QED) is 0.626. The number of aromatic nitrogens is 3.